The van der Waals surface area contributed by atoms with E-state index in [1.807, 2.05) is 31.2 Å². The third-order valence-corrected chi connectivity index (χ3v) is 8.10. The number of carbonyl (C=O) groups excluding carboxylic acids is 1. The molecule has 2 aliphatic heterocycles. The summed E-state index contributed by atoms with van der Waals surface area (Å²) in [6.45, 7) is 4.73. The number of carbonyl (C=O) groups is 1. The summed E-state index contributed by atoms with van der Waals surface area (Å²) in [5, 5.41) is 2.88. The van der Waals surface area contributed by atoms with E-state index in [9.17, 15) is 13.2 Å². The number of nitrogens with one attached hydrogen (secondary N) is 1. The maximum atomic E-state index is 13.2. The van der Waals surface area contributed by atoms with Gasteiger partial charge in [-0.1, -0.05) is 18.2 Å². The summed E-state index contributed by atoms with van der Waals surface area (Å²) in [5.41, 5.74) is 2.21. The van der Waals surface area contributed by atoms with Gasteiger partial charge < -0.3 is 24.4 Å². The van der Waals surface area contributed by atoms with Gasteiger partial charge in [-0.3, -0.25) is 4.79 Å². The molecule has 4 rings (SSSR count). The highest BCUT2D eigenvalue weighted by Crippen LogP contribution is 2.33. The van der Waals surface area contributed by atoms with Crippen molar-refractivity contribution in [2.24, 2.45) is 0 Å². The van der Waals surface area contributed by atoms with Gasteiger partial charge in [0.15, 0.2) is 18.1 Å². The van der Waals surface area contributed by atoms with Crippen molar-refractivity contribution >= 4 is 33.4 Å². The van der Waals surface area contributed by atoms with E-state index < -0.39 is 15.9 Å². The molecule has 2 aliphatic rings. The minimum Gasteiger partial charge on any atom is -0.493 e. The molecule has 0 saturated carbocycles. The summed E-state index contributed by atoms with van der Waals surface area (Å²) in [5.74, 6) is 0.579. The Balaban J connectivity index is 1.53. The fourth-order valence-electron chi connectivity index (χ4n) is 4.37. The maximum Gasteiger partial charge on any atom is 0.262 e. The number of morpholine rings is 1. The van der Waals surface area contributed by atoms with Gasteiger partial charge in [0.05, 0.1) is 36.6 Å². The van der Waals surface area contributed by atoms with Gasteiger partial charge in [-0.2, -0.15) is 4.31 Å². The highest BCUT2D eigenvalue weighted by atomic mass is 32.2. The Morgan fingerprint density at radius 2 is 1.81 bits per heavy atom. The van der Waals surface area contributed by atoms with Crippen molar-refractivity contribution in [1.29, 1.82) is 0 Å². The number of nitrogens with zero attached hydrogens (tertiary/aromatic N) is 2. The van der Waals surface area contributed by atoms with Crippen molar-refractivity contribution in [3.05, 3.63) is 48.0 Å². The van der Waals surface area contributed by atoms with Crippen molar-refractivity contribution < 1.29 is 27.4 Å². The molecule has 0 unspecified atom stereocenters. The molecule has 2 heterocycles. The summed E-state index contributed by atoms with van der Waals surface area (Å²) in [7, 11) is -2.16. The maximum absolute atomic E-state index is 13.2. The zero-order valence-electron chi connectivity index (χ0n) is 20.7. The number of methoxy groups -OCH3 is 1. The molecule has 0 spiro atoms. The van der Waals surface area contributed by atoms with E-state index in [-0.39, 0.29) is 11.5 Å². The Hall–Kier alpha value is -3.08. The summed E-state index contributed by atoms with van der Waals surface area (Å²) in [6, 6.07) is 10.4. The molecule has 2 saturated heterocycles. The Bertz CT molecular complexity index is 1200. The molecule has 0 bridgehead atoms. The minimum absolute atomic E-state index is 0.143. The molecule has 0 aromatic heterocycles. The molecular formula is C26H33N3O6S. The molecule has 2 fully saturated rings. The smallest absolute Gasteiger partial charge is 0.262 e. The molecule has 36 heavy (non-hydrogen) atoms. The molecule has 0 radical (unpaired) electrons. The zero-order chi connectivity index (χ0) is 25.5. The van der Waals surface area contributed by atoms with Crippen molar-refractivity contribution in [3.63, 3.8) is 0 Å². The molecule has 1 amide bonds. The topological polar surface area (TPSA) is 97.4 Å². The van der Waals surface area contributed by atoms with Gasteiger partial charge in [-0.05, 0) is 55.7 Å². The first kappa shape index (κ1) is 26.0. The lowest BCUT2D eigenvalue weighted by Crippen LogP contribution is -2.40. The number of amides is 1. The van der Waals surface area contributed by atoms with E-state index in [1.54, 1.807) is 31.4 Å². The van der Waals surface area contributed by atoms with Gasteiger partial charge in [0.1, 0.15) is 0 Å². The Kier molecular flexibility index (Phi) is 8.50. The summed E-state index contributed by atoms with van der Waals surface area (Å²) >= 11 is 0. The number of allylic oxidation sites excluding steroid dienone is 1. The predicted molar refractivity (Wildman–Crippen MR) is 139 cm³/mol. The van der Waals surface area contributed by atoms with Gasteiger partial charge in [0, 0.05) is 26.2 Å². The predicted octanol–water partition coefficient (Wildman–Crippen LogP) is 3.37. The van der Waals surface area contributed by atoms with Gasteiger partial charge in [-0.15, -0.1) is 0 Å². The van der Waals surface area contributed by atoms with Crippen LogP contribution in [0.15, 0.2) is 47.4 Å². The highest BCUT2D eigenvalue weighted by Gasteiger charge is 2.28. The molecule has 2 aromatic rings. The minimum atomic E-state index is -3.70. The second-order valence-electron chi connectivity index (χ2n) is 8.64. The van der Waals surface area contributed by atoms with E-state index in [2.05, 4.69) is 10.2 Å². The lowest BCUT2D eigenvalue weighted by molar-refractivity contribution is -0.118. The van der Waals surface area contributed by atoms with Crippen LogP contribution in [0.1, 0.15) is 25.3 Å². The molecule has 194 valence electrons. The number of hydrogen-bond donors (Lipinski definition) is 1. The summed E-state index contributed by atoms with van der Waals surface area (Å²) in [4.78, 5) is 15.2. The standard InChI is InChI=1S/C26H33N3O6S/c1-3-6-20-7-10-24(25(17-20)33-2)35-19-26(30)27-22-18-21(8-9-23(22)28-11-4-5-12-28)36(31,32)29-13-15-34-16-14-29/h3,6-10,17-18H,4-5,11-16,19H2,1-2H3,(H,27,30)/b6-3+. The monoisotopic (exact) mass is 515 g/mol. The van der Waals surface area contributed by atoms with Crippen molar-refractivity contribution in [3.8, 4) is 11.5 Å². The molecule has 1 N–H and O–H groups in total. The number of anilines is 2. The number of ether oxygens (including phenoxy) is 3. The Morgan fingerprint density at radius 3 is 2.50 bits per heavy atom. The van der Waals surface area contributed by atoms with Crippen LogP contribution in [-0.4, -0.2) is 71.7 Å². The summed E-state index contributed by atoms with van der Waals surface area (Å²) < 4.78 is 44.3. The van der Waals surface area contributed by atoms with E-state index in [0.29, 0.717) is 43.5 Å². The van der Waals surface area contributed by atoms with Crippen LogP contribution >= 0.6 is 0 Å². The van der Waals surface area contributed by atoms with Crippen LogP contribution in [0.5, 0.6) is 11.5 Å². The Morgan fingerprint density at radius 1 is 1.06 bits per heavy atom. The summed E-state index contributed by atoms with van der Waals surface area (Å²) in [6.07, 6.45) is 5.96. The van der Waals surface area contributed by atoms with Crippen molar-refractivity contribution in [2.45, 2.75) is 24.7 Å². The third kappa shape index (κ3) is 6.00. The quantitative estimate of drug-likeness (QED) is 0.547. The first-order chi connectivity index (χ1) is 17.4. The average molecular weight is 516 g/mol. The van der Waals surface area contributed by atoms with Crippen LogP contribution in [0.4, 0.5) is 11.4 Å². The van der Waals surface area contributed by atoms with E-state index >= 15 is 0 Å². The Labute approximate surface area is 212 Å². The van der Waals surface area contributed by atoms with Crippen LogP contribution in [0.25, 0.3) is 6.08 Å². The van der Waals surface area contributed by atoms with E-state index in [4.69, 9.17) is 14.2 Å². The van der Waals surface area contributed by atoms with Crippen molar-refractivity contribution in [2.75, 3.05) is 63.3 Å². The SMILES string of the molecule is C/C=C/c1ccc(OCC(=O)Nc2cc(S(=O)(=O)N3CCOCC3)ccc2N2CCCC2)c(OC)c1. The molecule has 2 aromatic carbocycles. The van der Waals surface area contributed by atoms with Crippen molar-refractivity contribution in [1.82, 2.24) is 4.31 Å². The molecular weight excluding hydrogens is 482 g/mol. The zero-order valence-corrected chi connectivity index (χ0v) is 21.6. The highest BCUT2D eigenvalue weighted by molar-refractivity contribution is 7.89. The fraction of sp³-hybridized carbons (Fsp3) is 0.423. The first-order valence-corrected chi connectivity index (χ1v) is 13.6. The van der Waals surface area contributed by atoms with E-state index in [1.165, 1.54) is 4.31 Å². The molecule has 10 heteroatoms. The largest absolute Gasteiger partial charge is 0.493 e. The van der Waals surface area contributed by atoms with Gasteiger partial charge in [0.2, 0.25) is 10.0 Å². The molecule has 0 atom stereocenters. The third-order valence-electron chi connectivity index (χ3n) is 6.20. The number of hydrogen-bond acceptors (Lipinski definition) is 7. The number of sulfonamides is 1. The molecule has 0 aliphatic carbocycles. The lowest BCUT2D eigenvalue weighted by atomic mass is 10.2. The number of rotatable bonds is 9. The van der Waals surface area contributed by atoms with Crippen LogP contribution in [0, 0.1) is 0 Å². The average Bonchev–Trinajstić information content (AvgIpc) is 3.43. The van der Waals surface area contributed by atoms with Crippen LogP contribution in [-0.2, 0) is 19.6 Å². The second kappa shape index (κ2) is 11.8. The first-order valence-electron chi connectivity index (χ1n) is 12.1. The fourth-order valence-corrected chi connectivity index (χ4v) is 5.81. The second-order valence-corrected chi connectivity index (χ2v) is 10.6. The number of benzene rings is 2. The van der Waals surface area contributed by atoms with Crippen LogP contribution < -0.4 is 19.7 Å². The molecule has 9 nitrogen and oxygen atoms in total. The van der Waals surface area contributed by atoms with Gasteiger partial charge >= 0.3 is 0 Å². The van der Waals surface area contributed by atoms with Crippen LogP contribution in [0.2, 0.25) is 0 Å². The van der Waals surface area contributed by atoms with Crippen LogP contribution in [0.3, 0.4) is 0 Å². The van der Waals surface area contributed by atoms with Gasteiger partial charge in [-0.25, -0.2) is 8.42 Å². The lowest BCUT2D eigenvalue weighted by Gasteiger charge is -2.27. The van der Waals surface area contributed by atoms with Gasteiger partial charge in [0.25, 0.3) is 5.91 Å². The van der Waals surface area contributed by atoms with E-state index in [0.717, 1.165) is 37.2 Å². The normalized spacial score (nSPS) is 16.9.